The molecule has 0 aliphatic carbocycles. The van der Waals surface area contributed by atoms with Gasteiger partial charge in [-0.1, -0.05) is 60.7 Å². The minimum absolute atomic E-state index is 0.521. The molecule has 3 rings (SSSR count). The highest BCUT2D eigenvalue weighted by molar-refractivity contribution is 5.31. The van der Waals surface area contributed by atoms with Gasteiger partial charge < -0.3 is 4.90 Å². The second-order valence-electron chi connectivity index (χ2n) is 5.70. The van der Waals surface area contributed by atoms with Crippen molar-refractivity contribution >= 4 is 0 Å². The third-order valence-electron chi connectivity index (χ3n) is 4.39. The third kappa shape index (κ3) is 3.15. The molecule has 1 saturated heterocycles. The molecule has 2 aromatic carbocycles. The van der Waals surface area contributed by atoms with Crippen LogP contribution in [0.2, 0.25) is 0 Å². The standard InChI is InChI=1S/C19H20N2/c20-12-7-13-21-14-18(16-8-3-1-4-9-16)19(15-21)17-10-5-2-6-11-17/h1-6,8-11,18-19H,7,13-15H2/t18-,19-/m0/s1. The molecular weight excluding hydrogens is 256 g/mol. The van der Waals surface area contributed by atoms with Crippen LogP contribution in [0.15, 0.2) is 60.7 Å². The number of likely N-dealkylation sites (tertiary alicyclic amines) is 1. The highest BCUT2D eigenvalue weighted by atomic mass is 15.1. The van der Waals surface area contributed by atoms with E-state index in [0.29, 0.717) is 18.3 Å². The van der Waals surface area contributed by atoms with E-state index in [1.165, 1.54) is 11.1 Å². The van der Waals surface area contributed by atoms with Gasteiger partial charge in [0.05, 0.1) is 6.07 Å². The van der Waals surface area contributed by atoms with Gasteiger partial charge in [-0.05, 0) is 11.1 Å². The first-order valence-electron chi connectivity index (χ1n) is 7.57. The normalized spacial score (nSPS) is 22.0. The van der Waals surface area contributed by atoms with Crippen LogP contribution in [0.3, 0.4) is 0 Å². The molecule has 0 saturated carbocycles. The Kier molecular flexibility index (Phi) is 4.33. The van der Waals surface area contributed by atoms with Crippen molar-refractivity contribution in [3.05, 3.63) is 71.8 Å². The summed E-state index contributed by atoms with van der Waals surface area (Å²) in [6.45, 7) is 2.97. The van der Waals surface area contributed by atoms with Gasteiger partial charge in [0.15, 0.2) is 0 Å². The fourth-order valence-corrected chi connectivity index (χ4v) is 3.35. The molecule has 0 unspecified atom stereocenters. The third-order valence-corrected chi connectivity index (χ3v) is 4.39. The minimum atomic E-state index is 0.521. The topological polar surface area (TPSA) is 27.0 Å². The van der Waals surface area contributed by atoms with Crippen molar-refractivity contribution in [1.29, 1.82) is 5.26 Å². The SMILES string of the molecule is N#CCCN1C[C@@H](c2ccccc2)[C@H](c2ccccc2)C1. The maximum atomic E-state index is 8.82. The van der Waals surface area contributed by atoms with Crippen LogP contribution in [0, 0.1) is 11.3 Å². The molecule has 0 bridgehead atoms. The number of hydrogen-bond donors (Lipinski definition) is 0. The molecule has 1 heterocycles. The van der Waals surface area contributed by atoms with Gasteiger partial charge in [0.25, 0.3) is 0 Å². The molecule has 0 amide bonds. The fraction of sp³-hybridized carbons (Fsp3) is 0.316. The van der Waals surface area contributed by atoms with Gasteiger partial charge in [0, 0.05) is 37.9 Å². The summed E-state index contributed by atoms with van der Waals surface area (Å²) >= 11 is 0. The van der Waals surface area contributed by atoms with Crippen LogP contribution in [-0.2, 0) is 0 Å². The molecule has 0 aromatic heterocycles. The lowest BCUT2D eigenvalue weighted by molar-refractivity contribution is 0.339. The summed E-state index contributed by atoms with van der Waals surface area (Å²) in [5.74, 6) is 1.04. The highest BCUT2D eigenvalue weighted by Crippen LogP contribution is 2.39. The molecule has 2 atom stereocenters. The Morgan fingerprint density at radius 3 is 1.76 bits per heavy atom. The fourth-order valence-electron chi connectivity index (χ4n) is 3.35. The molecule has 1 aliphatic rings. The van der Waals surface area contributed by atoms with E-state index in [0.717, 1.165) is 19.6 Å². The van der Waals surface area contributed by atoms with Crippen LogP contribution in [0.4, 0.5) is 0 Å². The Morgan fingerprint density at radius 2 is 1.33 bits per heavy atom. The number of nitrogens with zero attached hydrogens (tertiary/aromatic N) is 2. The quantitative estimate of drug-likeness (QED) is 0.849. The molecule has 0 N–H and O–H groups in total. The summed E-state index contributed by atoms with van der Waals surface area (Å²) in [5.41, 5.74) is 2.82. The van der Waals surface area contributed by atoms with Crippen molar-refractivity contribution in [2.45, 2.75) is 18.3 Å². The Hall–Kier alpha value is -2.11. The number of rotatable bonds is 4. The first kappa shape index (κ1) is 13.9. The summed E-state index contributed by atoms with van der Waals surface area (Å²) in [4.78, 5) is 2.43. The number of benzene rings is 2. The zero-order chi connectivity index (χ0) is 14.5. The summed E-state index contributed by atoms with van der Waals surface area (Å²) in [7, 11) is 0. The Balaban J connectivity index is 1.86. The van der Waals surface area contributed by atoms with Gasteiger partial charge in [0.1, 0.15) is 0 Å². The lowest BCUT2D eigenvalue weighted by Gasteiger charge is -2.19. The molecule has 1 fully saturated rings. The molecule has 2 aromatic rings. The molecule has 106 valence electrons. The van der Waals surface area contributed by atoms with Gasteiger partial charge in [-0.3, -0.25) is 0 Å². The lowest BCUT2D eigenvalue weighted by Crippen LogP contribution is -2.21. The van der Waals surface area contributed by atoms with Crippen LogP contribution >= 0.6 is 0 Å². The first-order valence-corrected chi connectivity index (χ1v) is 7.57. The number of nitriles is 1. The second-order valence-corrected chi connectivity index (χ2v) is 5.70. The zero-order valence-electron chi connectivity index (χ0n) is 12.2. The molecule has 21 heavy (non-hydrogen) atoms. The van der Waals surface area contributed by atoms with Crippen molar-refractivity contribution in [2.24, 2.45) is 0 Å². The van der Waals surface area contributed by atoms with Gasteiger partial charge in [-0.2, -0.15) is 5.26 Å². The van der Waals surface area contributed by atoms with Crippen LogP contribution in [0.1, 0.15) is 29.4 Å². The van der Waals surface area contributed by atoms with Crippen molar-refractivity contribution in [3.63, 3.8) is 0 Å². The Morgan fingerprint density at radius 1 is 0.857 bits per heavy atom. The van der Waals surface area contributed by atoms with E-state index >= 15 is 0 Å². The van der Waals surface area contributed by atoms with E-state index in [1.54, 1.807) is 0 Å². The van der Waals surface area contributed by atoms with Gasteiger partial charge >= 0.3 is 0 Å². The van der Waals surface area contributed by atoms with E-state index in [2.05, 4.69) is 71.6 Å². The maximum Gasteiger partial charge on any atom is 0.0635 e. The van der Waals surface area contributed by atoms with Crippen molar-refractivity contribution in [2.75, 3.05) is 19.6 Å². The largest absolute Gasteiger partial charge is 0.301 e. The highest BCUT2D eigenvalue weighted by Gasteiger charge is 2.34. The van der Waals surface area contributed by atoms with Crippen molar-refractivity contribution in [3.8, 4) is 6.07 Å². The first-order chi connectivity index (χ1) is 10.4. The summed E-state index contributed by atoms with van der Waals surface area (Å²) in [5, 5.41) is 8.82. The predicted octanol–water partition coefficient (Wildman–Crippen LogP) is 3.78. The van der Waals surface area contributed by atoms with Crippen molar-refractivity contribution in [1.82, 2.24) is 4.90 Å². The minimum Gasteiger partial charge on any atom is -0.301 e. The van der Waals surface area contributed by atoms with Gasteiger partial charge in [-0.25, -0.2) is 0 Å². The van der Waals surface area contributed by atoms with E-state index in [9.17, 15) is 0 Å². The summed E-state index contributed by atoms with van der Waals surface area (Å²) in [6.07, 6.45) is 0.614. The molecule has 0 radical (unpaired) electrons. The van der Waals surface area contributed by atoms with E-state index in [4.69, 9.17) is 5.26 Å². The average molecular weight is 276 g/mol. The predicted molar refractivity (Wildman–Crippen MR) is 85.0 cm³/mol. The van der Waals surface area contributed by atoms with Gasteiger partial charge in [0.2, 0.25) is 0 Å². The smallest absolute Gasteiger partial charge is 0.0635 e. The lowest BCUT2D eigenvalue weighted by atomic mass is 9.84. The van der Waals surface area contributed by atoms with Crippen LogP contribution in [0.5, 0.6) is 0 Å². The second kappa shape index (κ2) is 6.56. The molecule has 2 nitrogen and oxygen atoms in total. The van der Waals surface area contributed by atoms with Gasteiger partial charge in [-0.15, -0.1) is 0 Å². The maximum absolute atomic E-state index is 8.82. The molecule has 2 heteroatoms. The molecular formula is C19H20N2. The van der Waals surface area contributed by atoms with Crippen LogP contribution < -0.4 is 0 Å². The molecule has 0 spiro atoms. The molecule has 1 aliphatic heterocycles. The zero-order valence-corrected chi connectivity index (χ0v) is 12.2. The monoisotopic (exact) mass is 276 g/mol. The van der Waals surface area contributed by atoms with E-state index < -0.39 is 0 Å². The van der Waals surface area contributed by atoms with Crippen LogP contribution in [0.25, 0.3) is 0 Å². The summed E-state index contributed by atoms with van der Waals surface area (Å²) < 4.78 is 0. The summed E-state index contributed by atoms with van der Waals surface area (Å²) in [6, 6.07) is 23.8. The van der Waals surface area contributed by atoms with Crippen molar-refractivity contribution < 1.29 is 0 Å². The number of hydrogen-bond acceptors (Lipinski definition) is 2. The van der Waals surface area contributed by atoms with Crippen LogP contribution in [-0.4, -0.2) is 24.5 Å². The Labute approximate surface area is 126 Å². The van der Waals surface area contributed by atoms with E-state index in [1.807, 2.05) is 0 Å². The average Bonchev–Trinajstić information content (AvgIpc) is 2.99. The van der Waals surface area contributed by atoms with E-state index in [-0.39, 0.29) is 0 Å². The Bertz CT molecular complexity index is 553.